The molecule has 0 atom stereocenters. The van der Waals surface area contributed by atoms with Crippen LogP contribution in [0.4, 0.5) is 4.79 Å². The lowest BCUT2D eigenvalue weighted by molar-refractivity contribution is -0.152. The molecule has 1 heterocycles. The van der Waals surface area contributed by atoms with Crippen LogP contribution < -0.4 is 5.32 Å². The lowest BCUT2D eigenvalue weighted by atomic mass is 9.78. The molecule has 1 rings (SSSR count). The summed E-state index contributed by atoms with van der Waals surface area (Å²) in [4.78, 5) is 36.4. The quantitative estimate of drug-likeness (QED) is 0.732. The van der Waals surface area contributed by atoms with Crippen molar-refractivity contribution < 1.29 is 14.4 Å². The van der Waals surface area contributed by atoms with E-state index in [2.05, 4.69) is 5.32 Å². The molecule has 0 unspecified atom stereocenters. The zero-order valence-corrected chi connectivity index (χ0v) is 9.95. The molecule has 17 heavy (non-hydrogen) atoms. The predicted octanol–water partition coefficient (Wildman–Crippen LogP) is 0.785. The lowest BCUT2D eigenvalue weighted by Crippen LogP contribution is -2.63. The molecule has 1 aliphatic rings. The van der Waals surface area contributed by atoms with Gasteiger partial charge < -0.3 is 0 Å². The second-order valence-electron chi connectivity index (χ2n) is 3.91. The van der Waals surface area contributed by atoms with Crippen LogP contribution in [0.15, 0.2) is 0 Å². The Balaban J connectivity index is 3.03. The van der Waals surface area contributed by atoms with Crippen molar-refractivity contribution in [2.24, 2.45) is 5.41 Å². The van der Waals surface area contributed by atoms with Gasteiger partial charge >= 0.3 is 6.03 Å². The predicted molar refractivity (Wildman–Crippen MR) is 58.5 cm³/mol. The molecule has 0 saturated carbocycles. The van der Waals surface area contributed by atoms with E-state index in [1.165, 1.54) is 0 Å². The maximum absolute atomic E-state index is 12.2. The molecular weight excluding hydrogens is 222 g/mol. The summed E-state index contributed by atoms with van der Waals surface area (Å²) in [6, 6.07) is 1.14. The number of carbonyl (C=O) groups is 3. The number of nitrogens with one attached hydrogen (secondary N) is 1. The maximum atomic E-state index is 12.2. The lowest BCUT2D eigenvalue weighted by Gasteiger charge is -2.37. The second-order valence-corrected chi connectivity index (χ2v) is 3.91. The second kappa shape index (κ2) is 4.95. The molecule has 0 radical (unpaired) electrons. The van der Waals surface area contributed by atoms with E-state index in [9.17, 15) is 14.4 Å². The first-order chi connectivity index (χ1) is 8.03. The molecule has 0 aromatic carbocycles. The molecule has 1 aliphatic heterocycles. The number of carbonyl (C=O) groups excluding carboxylic acids is 3. The summed E-state index contributed by atoms with van der Waals surface area (Å²) in [5.41, 5.74) is -1.16. The average Bonchev–Trinajstić information content (AvgIpc) is 2.30. The van der Waals surface area contributed by atoms with Gasteiger partial charge in [-0.25, -0.2) is 4.79 Å². The molecule has 6 nitrogen and oxygen atoms in total. The Hall–Kier alpha value is -1.90. The Morgan fingerprint density at radius 2 is 1.88 bits per heavy atom. The third-order valence-electron chi connectivity index (χ3n) is 3.21. The highest BCUT2D eigenvalue weighted by Crippen LogP contribution is 2.32. The van der Waals surface area contributed by atoms with Gasteiger partial charge in [0.05, 0.1) is 12.5 Å². The smallest absolute Gasteiger partial charge is 0.277 e. The van der Waals surface area contributed by atoms with Crippen LogP contribution in [0, 0.1) is 16.7 Å². The Bertz CT molecular complexity index is 393. The Labute approximate surface area is 99.6 Å². The van der Waals surface area contributed by atoms with Crippen LogP contribution in [-0.2, 0) is 9.59 Å². The number of hydrogen-bond donors (Lipinski definition) is 1. The Morgan fingerprint density at radius 3 is 2.35 bits per heavy atom. The van der Waals surface area contributed by atoms with Crippen LogP contribution >= 0.6 is 0 Å². The van der Waals surface area contributed by atoms with Gasteiger partial charge in [0.1, 0.15) is 5.41 Å². The number of imide groups is 2. The number of amides is 4. The van der Waals surface area contributed by atoms with Crippen LogP contribution in [0.25, 0.3) is 0 Å². The monoisotopic (exact) mass is 237 g/mol. The first-order valence-corrected chi connectivity index (χ1v) is 5.57. The van der Waals surface area contributed by atoms with Crippen LogP contribution in [0.5, 0.6) is 0 Å². The van der Waals surface area contributed by atoms with Gasteiger partial charge in [0.25, 0.3) is 0 Å². The number of nitrogens with zero attached hydrogens (tertiary/aromatic N) is 2. The van der Waals surface area contributed by atoms with Crippen molar-refractivity contribution in [2.45, 2.75) is 33.1 Å². The van der Waals surface area contributed by atoms with Crippen molar-refractivity contribution in [1.82, 2.24) is 10.2 Å². The van der Waals surface area contributed by atoms with Crippen LogP contribution in [0.1, 0.15) is 33.1 Å². The summed E-state index contributed by atoms with van der Waals surface area (Å²) in [5, 5.41) is 10.7. The zero-order valence-electron chi connectivity index (χ0n) is 9.95. The highest BCUT2D eigenvalue weighted by molar-refractivity contribution is 6.19. The minimum atomic E-state index is -1.16. The van der Waals surface area contributed by atoms with E-state index in [0.717, 1.165) is 4.90 Å². The highest BCUT2D eigenvalue weighted by Gasteiger charge is 2.51. The molecule has 0 spiro atoms. The molecule has 1 N–H and O–H groups in total. The normalized spacial score (nSPS) is 18.9. The molecule has 4 amide bonds. The summed E-state index contributed by atoms with van der Waals surface area (Å²) in [7, 11) is 0. The van der Waals surface area contributed by atoms with Crippen LogP contribution in [0.2, 0.25) is 0 Å². The van der Waals surface area contributed by atoms with E-state index in [1.807, 2.05) is 6.07 Å². The molecule has 0 aromatic heterocycles. The SMILES string of the molecule is CCC1(CC)C(=O)NC(=O)N(CCC#N)C1=O. The summed E-state index contributed by atoms with van der Waals surface area (Å²) in [5.74, 6) is -1.03. The van der Waals surface area contributed by atoms with Gasteiger partial charge in [-0.05, 0) is 12.8 Å². The van der Waals surface area contributed by atoms with Gasteiger partial charge in [-0.1, -0.05) is 13.8 Å². The van der Waals surface area contributed by atoms with E-state index < -0.39 is 23.3 Å². The largest absolute Gasteiger partial charge is 0.330 e. The molecular formula is C11H15N3O3. The van der Waals surface area contributed by atoms with E-state index in [1.54, 1.807) is 13.8 Å². The molecule has 1 saturated heterocycles. The molecule has 1 fully saturated rings. The van der Waals surface area contributed by atoms with Crippen molar-refractivity contribution in [3.05, 3.63) is 0 Å². The van der Waals surface area contributed by atoms with E-state index in [-0.39, 0.29) is 13.0 Å². The third kappa shape index (κ3) is 2.00. The van der Waals surface area contributed by atoms with Crippen LogP contribution in [0.3, 0.4) is 0 Å². The van der Waals surface area contributed by atoms with Crippen molar-refractivity contribution in [3.63, 3.8) is 0 Å². The first kappa shape index (κ1) is 13.2. The Kier molecular flexibility index (Phi) is 3.84. The average molecular weight is 237 g/mol. The third-order valence-corrected chi connectivity index (χ3v) is 3.21. The summed E-state index contributed by atoms with van der Waals surface area (Å²) < 4.78 is 0. The molecule has 6 heteroatoms. The fourth-order valence-corrected chi connectivity index (χ4v) is 1.97. The molecule has 0 bridgehead atoms. The van der Waals surface area contributed by atoms with Crippen molar-refractivity contribution in [2.75, 3.05) is 6.54 Å². The van der Waals surface area contributed by atoms with E-state index in [0.29, 0.717) is 12.8 Å². The van der Waals surface area contributed by atoms with E-state index >= 15 is 0 Å². The maximum Gasteiger partial charge on any atom is 0.330 e. The number of barbiturate groups is 1. The van der Waals surface area contributed by atoms with E-state index in [4.69, 9.17) is 5.26 Å². The zero-order chi connectivity index (χ0) is 13.1. The van der Waals surface area contributed by atoms with Gasteiger partial charge in [-0.2, -0.15) is 5.26 Å². The standard InChI is InChI=1S/C11H15N3O3/c1-3-11(4-2)8(15)13-10(17)14(9(11)16)7-5-6-12/h3-5,7H2,1-2H3,(H,13,15,17). The van der Waals surface area contributed by atoms with Gasteiger partial charge in [0.2, 0.25) is 11.8 Å². The minimum absolute atomic E-state index is 0.0240. The molecule has 92 valence electrons. The minimum Gasteiger partial charge on any atom is -0.277 e. The van der Waals surface area contributed by atoms with Gasteiger partial charge in [-0.15, -0.1) is 0 Å². The van der Waals surface area contributed by atoms with Crippen molar-refractivity contribution in [1.29, 1.82) is 5.26 Å². The molecule has 0 aliphatic carbocycles. The number of nitriles is 1. The van der Waals surface area contributed by atoms with Crippen molar-refractivity contribution in [3.8, 4) is 6.07 Å². The fraction of sp³-hybridized carbons (Fsp3) is 0.636. The summed E-state index contributed by atoms with van der Waals surface area (Å²) >= 11 is 0. The summed E-state index contributed by atoms with van der Waals surface area (Å²) in [6.07, 6.45) is 0.742. The Morgan fingerprint density at radius 1 is 1.29 bits per heavy atom. The number of rotatable bonds is 4. The summed E-state index contributed by atoms with van der Waals surface area (Å²) in [6.45, 7) is 3.49. The number of hydrogen-bond acceptors (Lipinski definition) is 4. The van der Waals surface area contributed by atoms with Gasteiger partial charge in [0.15, 0.2) is 0 Å². The van der Waals surface area contributed by atoms with Gasteiger partial charge in [0, 0.05) is 6.54 Å². The topological polar surface area (TPSA) is 90.3 Å². The number of urea groups is 1. The van der Waals surface area contributed by atoms with Crippen molar-refractivity contribution >= 4 is 17.8 Å². The first-order valence-electron chi connectivity index (χ1n) is 5.57. The van der Waals surface area contributed by atoms with Crippen LogP contribution in [-0.4, -0.2) is 29.3 Å². The van der Waals surface area contributed by atoms with Gasteiger partial charge in [-0.3, -0.25) is 19.8 Å². The molecule has 0 aromatic rings. The highest BCUT2D eigenvalue weighted by atomic mass is 16.2. The fourth-order valence-electron chi connectivity index (χ4n) is 1.97.